The lowest BCUT2D eigenvalue weighted by atomic mass is 10.1. The van der Waals surface area contributed by atoms with Crippen molar-refractivity contribution in [1.82, 2.24) is 10.2 Å². The van der Waals surface area contributed by atoms with Crippen LogP contribution in [-0.4, -0.2) is 50.5 Å². The molecule has 2 aromatic rings. The van der Waals surface area contributed by atoms with E-state index in [1.54, 1.807) is 6.92 Å². The highest BCUT2D eigenvalue weighted by Gasteiger charge is 2.30. The van der Waals surface area contributed by atoms with Crippen molar-refractivity contribution in [3.05, 3.63) is 64.9 Å². The van der Waals surface area contributed by atoms with Gasteiger partial charge in [0.15, 0.2) is 0 Å². The second kappa shape index (κ2) is 11.5. The van der Waals surface area contributed by atoms with Crippen LogP contribution in [0.1, 0.15) is 26.3 Å². The lowest BCUT2D eigenvalue weighted by Gasteiger charge is -2.31. The van der Waals surface area contributed by atoms with Gasteiger partial charge in [-0.25, -0.2) is 12.8 Å². The van der Waals surface area contributed by atoms with Crippen molar-refractivity contribution in [2.24, 2.45) is 5.92 Å². The molecule has 7 nitrogen and oxygen atoms in total. The van der Waals surface area contributed by atoms with Gasteiger partial charge in [-0.3, -0.25) is 13.9 Å². The first-order chi connectivity index (χ1) is 15.4. The molecule has 1 N–H and O–H groups in total. The van der Waals surface area contributed by atoms with Crippen molar-refractivity contribution in [3.63, 3.8) is 0 Å². The number of sulfonamides is 1. The highest BCUT2D eigenvalue weighted by molar-refractivity contribution is 7.92. The highest BCUT2D eigenvalue weighted by Crippen LogP contribution is 2.25. The van der Waals surface area contributed by atoms with E-state index in [0.29, 0.717) is 6.54 Å². The molecule has 0 fully saturated rings. The van der Waals surface area contributed by atoms with Crippen LogP contribution in [0.15, 0.2) is 48.5 Å². The topological polar surface area (TPSA) is 86.8 Å². The predicted octanol–water partition coefficient (Wildman–Crippen LogP) is 3.43. The van der Waals surface area contributed by atoms with E-state index < -0.39 is 34.3 Å². The maximum absolute atomic E-state index is 13.6. The molecule has 0 saturated heterocycles. The fourth-order valence-corrected chi connectivity index (χ4v) is 4.09. The van der Waals surface area contributed by atoms with Gasteiger partial charge >= 0.3 is 0 Å². The number of hydrogen-bond donors (Lipinski definition) is 1. The van der Waals surface area contributed by atoms with Gasteiger partial charge in [0, 0.05) is 13.1 Å². The zero-order valence-electron chi connectivity index (χ0n) is 19.1. The number of anilines is 1. The molecule has 0 unspecified atom stereocenters. The molecule has 0 aliphatic rings. The summed E-state index contributed by atoms with van der Waals surface area (Å²) < 4.78 is 39.4. The van der Waals surface area contributed by atoms with Gasteiger partial charge in [0.25, 0.3) is 0 Å². The first-order valence-corrected chi connectivity index (χ1v) is 12.7. The van der Waals surface area contributed by atoms with Crippen molar-refractivity contribution in [2.75, 3.05) is 23.7 Å². The van der Waals surface area contributed by atoms with E-state index in [2.05, 4.69) is 5.32 Å². The number of halogens is 2. The number of carbonyl (C=O) groups is 2. The Morgan fingerprint density at radius 3 is 2.27 bits per heavy atom. The summed E-state index contributed by atoms with van der Waals surface area (Å²) in [7, 11) is -3.91. The van der Waals surface area contributed by atoms with E-state index >= 15 is 0 Å². The highest BCUT2D eigenvalue weighted by atomic mass is 35.5. The molecule has 10 heteroatoms. The summed E-state index contributed by atoms with van der Waals surface area (Å²) in [6, 6.07) is 11.6. The molecule has 0 spiro atoms. The summed E-state index contributed by atoms with van der Waals surface area (Å²) in [6.45, 7) is 5.48. The molecule has 0 aliphatic carbocycles. The predicted molar refractivity (Wildman–Crippen MR) is 128 cm³/mol. The zero-order valence-corrected chi connectivity index (χ0v) is 20.7. The van der Waals surface area contributed by atoms with Crippen molar-refractivity contribution >= 4 is 39.1 Å². The van der Waals surface area contributed by atoms with Crippen molar-refractivity contribution < 1.29 is 22.4 Å². The van der Waals surface area contributed by atoms with Gasteiger partial charge in [-0.05, 0) is 36.6 Å². The third-order valence-electron chi connectivity index (χ3n) is 4.92. The Kier molecular flexibility index (Phi) is 9.25. The zero-order chi connectivity index (χ0) is 24.8. The first-order valence-electron chi connectivity index (χ1n) is 10.4. The van der Waals surface area contributed by atoms with Crippen LogP contribution in [0.25, 0.3) is 0 Å². The first kappa shape index (κ1) is 26.6. The molecule has 0 bridgehead atoms. The van der Waals surface area contributed by atoms with Gasteiger partial charge in [-0.2, -0.15) is 0 Å². The Balaban J connectivity index is 2.36. The third kappa shape index (κ3) is 7.71. The molecule has 33 heavy (non-hydrogen) atoms. The lowest BCUT2D eigenvalue weighted by Crippen LogP contribution is -2.51. The molecule has 0 aromatic heterocycles. The quantitative estimate of drug-likeness (QED) is 0.544. The monoisotopic (exact) mass is 497 g/mol. The Labute approximate surface area is 199 Å². The summed E-state index contributed by atoms with van der Waals surface area (Å²) in [5.41, 5.74) is 0.832. The minimum absolute atomic E-state index is 0.0498. The number of benzene rings is 2. The molecule has 0 saturated carbocycles. The molecule has 0 radical (unpaired) electrons. The van der Waals surface area contributed by atoms with Gasteiger partial charge in [-0.1, -0.05) is 55.8 Å². The SMILES string of the molecule is CC(C)CNC(=O)[C@@H](C)N(Cc1ccccc1)C(=O)CN(c1ccc(F)c(Cl)c1)S(C)(=O)=O. The van der Waals surface area contributed by atoms with Gasteiger partial charge in [0.2, 0.25) is 21.8 Å². The Bertz CT molecular complexity index is 1080. The smallest absolute Gasteiger partial charge is 0.244 e. The molecule has 2 aromatic carbocycles. The summed E-state index contributed by atoms with van der Waals surface area (Å²) >= 11 is 5.82. The third-order valence-corrected chi connectivity index (χ3v) is 6.35. The van der Waals surface area contributed by atoms with Gasteiger partial charge in [0.05, 0.1) is 17.0 Å². The molecule has 180 valence electrons. The maximum Gasteiger partial charge on any atom is 0.244 e. The lowest BCUT2D eigenvalue weighted by molar-refractivity contribution is -0.139. The van der Waals surface area contributed by atoms with E-state index in [4.69, 9.17) is 11.6 Å². The number of rotatable bonds is 10. The number of amides is 2. The van der Waals surface area contributed by atoms with E-state index in [-0.39, 0.29) is 29.1 Å². The Morgan fingerprint density at radius 1 is 1.09 bits per heavy atom. The van der Waals surface area contributed by atoms with Crippen molar-refractivity contribution in [1.29, 1.82) is 0 Å². The number of hydrogen-bond acceptors (Lipinski definition) is 4. The summed E-state index contributed by atoms with van der Waals surface area (Å²) in [4.78, 5) is 27.4. The molecule has 1 atom stereocenters. The fraction of sp³-hybridized carbons (Fsp3) is 0.391. The van der Waals surface area contributed by atoms with Gasteiger partial charge < -0.3 is 10.2 Å². The molecule has 2 rings (SSSR count). The maximum atomic E-state index is 13.6. The van der Waals surface area contributed by atoms with E-state index in [9.17, 15) is 22.4 Å². The number of nitrogens with zero attached hydrogens (tertiary/aromatic N) is 2. The van der Waals surface area contributed by atoms with E-state index in [0.717, 1.165) is 28.3 Å². The van der Waals surface area contributed by atoms with Crippen LogP contribution in [0.2, 0.25) is 5.02 Å². The van der Waals surface area contributed by atoms with Crippen LogP contribution in [0.5, 0.6) is 0 Å². The molecular formula is C23H29ClFN3O4S. The van der Waals surface area contributed by atoms with Crippen LogP contribution in [-0.2, 0) is 26.2 Å². The van der Waals surface area contributed by atoms with Crippen LogP contribution in [0, 0.1) is 11.7 Å². The van der Waals surface area contributed by atoms with Crippen molar-refractivity contribution in [3.8, 4) is 0 Å². The Hall–Kier alpha value is -2.65. The fourth-order valence-electron chi connectivity index (χ4n) is 3.07. The standard InChI is InChI=1S/C23H29ClFN3O4S/c1-16(2)13-26-23(30)17(3)27(14-18-8-6-5-7-9-18)22(29)15-28(33(4,31)32)19-10-11-21(25)20(24)12-19/h5-12,16-17H,13-15H2,1-4H3,(H,26,30)/t17-/m1/s1. The minimum atomic E-state index is -3.91. The molecular weight excluding hydrogens is 469 g/mol. The van der Waals surface area contributed by atoms with E-state index in [1.807, 2.05) is 44.2 Å². The average molecular weight is 498 g/mol. The summed E-state index contributed by atoms with van der Waals surface area (Å²) in [5.74, 6) is -1.41. The van der Waals surface area contributed by atoms with Crippen LogP contribution >= 0.6 is 11.6 Å². The number of nitrogens with one attached hydrogen (secondary N) is 1. The molecule has 0 aliphatic heterocycles. The van der Waals surface area contributed by atoms with Crippen LogP contribution in [0.3, 0.4) is 0 Å². The molecule has 0 heterocycles. The Morgan fingerprint density at radius 2 is 1.73 bits per heavy atom. The van der Waals surface area contributed by atoms with Gasteiger partial charge in [-0.15, -0.1) is 0 Å². The molecule has 2 amide bonds. The summed E-state index contributed by atoms with van der Waals surface area (Å²) in [6.07, 6.45) is 0.942. The van der Waals surface area contributed by atoms with Crippen LogP contribution in [0.4, 0.5) is 10.1 Å². The van der Waals surface area contributed by atoms with Gasteiger partial charge in [0.1, 0.15) is 18.4 Å². The van der Waals surface area contributed by atoms with E-state index in [1.165, 1.54) is 11.0 Å². The summed E-state index contributed by atoms with van der Waals surface area (Å²) in [5, 5.41) is 2.54. The largest absolute Gasteiger partial charge is 0.354 e. The minimum Gasteiger partial charge on any atom is -0.354 e. The van der Waals surface area contributed by atoms with Crippen molar-refractivity contribution in [2.45, 2.75) is 33.4 Å². The normalized spacial score (nSPS) is 12.3. The second-order valence-corrected chi connectivity index (χ2v) is 10.5. The number of carbonyl (C=O) groups excluding carboxylic acids is 2. The second-order valence-electron chi connectivity index (χ2n) is 8.19. The average Bonchev–Trinajstić information content (AvgIpc) is 2.75. The van der Waals surface area contributed by atoms with Crippen LogP contribution < -0.4 is 9.62 Å².